The lowest BCUT2D eigenvalue weighted by molar-refractivity contribution is 0.283. The van der Waals surface area contributed by atoms with Gasteiger partial charge in [-0.05, 0) is 40.9 Å². The molecule has 1 fully saturated rings. The van der Waals surface area contributed by atoms with Gasteiger partial charge in [0.1, 0.15) is 0 Å². The highest BCUT2D eigenvalue weighted by molar-refractivity contribution is 9.10. The molecule has 1 aromatic heterocycles. The number of benzene rings is 1. The lowest BCUT2D eigenvalue weighted by Gasteiger charge is -2.21. The van der Waals surface area contributed by atoms with Crippen molar-refractivity contribution >= 4 is 27.7 Å². The van der Waals surface area contributed by atoms with Crippen LogP contribution < -0.4 is 5.73 Å². The fourth-order valence-electron chi connectivity index (χ4n) is 2.79. The minimum Gasteiger partial charge on any atom is -0.339 e. The highest BCUT2D eigenvalue weighted by atomic mass is 79.9. The summed E-state index contributed by atoms with van der Waals surface area (Å²) in [5.41, 5.74) is 5.88. The van der Waals surface area contributed by atoms with Crippen LogP contribution in [0.5, 0.6) is 0 Å². The van der Waals surface area contributed by atoms with E-state index in [-0.39, 0.29) is 5.41 Å². The average molecular weight is 368 g/mol. The van der Waals surface area contributed by atoms with Crippen molar-refractivity contribution in [3.05, 3.63) is 40.5 Å². The predicted molar refractivity (Wildman–Crippen MR) is 87.2 cm³/mol. The van der Waals surface area contributed by atoms with Crippen LogP contribution in [0.2, 0.25) is 0 Å². The summed E-state index contributed by atoms with van der Waals surface area (Å²) in [4.78, 5) is 5.77. The lowest BCUT2D eigenvalue weighted by atomic mass is 9.86. The minimum absolute atomic E-state index is 0.0801. The highest BCUT2D eigenvalue weighted by Crippen LogP contribution is 2.39. The average Bonchev–Trinajstić information content (AvgIpc) is 3.16. The fourth-order valence-corrected chi connectivity index (χ4v) is 4.20. The minimum atomic E-state index is -0.0801. The molecular formula is C15H18BrN3OS. The van der Waals surface area contributed by atoms with Crippen LogP contribution in [0, 0.1) is 0 Å². The zero-order chi connectivity index (χ0) is 14.7. The molecule has 1 heterocycles. The second-order valence-corrected chi connectivity index (χ2v) is 7.30. The number of thioether (sulfide) groups is 1. The second-order valence-electron chi connectivity index (χ2n) is 5.43. The van der Waals surface area contributed by atoms with Crippen LogP contribution in [-0.4, -0.2) is 16.7 Å². The van der Waals surface area contributed by atoms with Crippen molar-refractivity contribution in [1.82, 2.24) is 10.1 Å². The van der Waals surface area contributed by atoms with E-state index in [1.807, 2.05) is 18.2 Å². The van der Waals surface area contributed by atoms with E-state index in [0.717, 1.165) is 29.0 Å². The number of nitrogens with zero attached hydrogens (tertiary/aromatic N) is 2. The molecule has 1 aliphatic rings. The Morgan fingerprint density at radius 1 is 1.29 bits per heavy atom. The van der Waals surface area contributed by atoms with Gasteiger partial charge in [-0.25, -0.2) is 0 Å². The van der Waals surface area contributed by atoms with Gasteiger partial charge < -0.3 is 10.3 Å². The normalized spacial score (nSPS) is 17.2. The van der Waals surface area contributed by atoms with Crippen molar-refractivity contribution < 1.29 is 4.52 Å². The Morgan fingerprint density at radius 3 is 2.76 bits per heavy atom. The first-order valence-electron chi connectivity index (χ1n) is 7.14. The number of hydrogen-bond acceptors (Lipinski definition) is 5. The summed E-state index contributed by atoms with van der Waals surface area (Å²) in [6.07, 6.45) is 4.51. The summed E-state index contributed by atoms with van der Waals surface area (Å²) in [6.45, 7) is 0.589. The molecule has 112 valence electrons. The SMILES string of the molecule is NCC1(c2nc(CSc3ccccc3Br)no2)CCCC1. The first-order chi connectivity index (χ1) is 10.2. The lowest BCUT2D eigenvalue weighted by Crippen LogP contribution is -2.32. The third-order valence-electron chi connectivity index (χ3n) is 4.07. The van der Waals surface area contributed by atoms with Crippen LogP contribution in [0.25, 0.3) is 0 Å². The number of nitrogens with two attached hydrogens (primary N) is 1. The number of aromatic nitrogens is 2. The Kier molecular flexibility index (Phi) is 4.66. The summed E-state index contributed by atoms with van der Waals surface area (Å²) in [6, 6.07) is 8.14. The molecule has 0 saturated heterocycles. The summed E-state index contributed by atoms with van der Waals surface area (Å²) in [5.74, 6) is 2.17. The molecule has 1 saturated carbocycles. The van der Waals surface area contributed by atoms with Gasteiger partial charge in [0.15, 0.2) is 5.82 Å². The van der Waals surface area contributed by atoms with Crippen molar-refractivity contribution in [3.63, 3.8) is 0 Å². The molecule has 2 aromatic rings. The Hall–Kier alpha value is -0.850. The molecule has 0 amide bonds. The Morgan fingerprint density at radius 2 is 2.05 bits per heavy atom. The molecule has 6 heteroatoms. The largest absolute Gasteiger partial charge is 0.339 e. The third-order valence-corrected chi connectivity index (χ3v) is 6.09. The Labute approximate surface area is 137 Å². The molecular weight excluding hydrogens is 350 g/mol. The van der Waals surface area contributed by atoms with Gasteiger partial charge in [-0.3, -0.25) is 0 Å². The Balaban J connectivity index is 1.69. The molecule has 0 spiro atoms. The molecule has 2 N–H and O–H groups in total. The predicted octanol–water partition coefficient (Wildman–Crippen LogP) is 3.89. The van der Waals surface area contributed by atoms with Crippen molar-refractivity contribution in [2.75, 3.05) is 6.54 Å². The van der Waals surface area contributed by atoms with Gasteiger partial charge in [-0.15, -0.1) is 11.8 Å². The summed E-state index contributed by atoms with van der Waals surface area (Å²) >= 11 is 5.25. The van der Waals surface area contributed by atoms with Crippen LogP contribution >= 0.6 is 27.7 Å². The molecule has 0 atom stereocenters. The third kappa shape index (κ3) is 3.17. The van der Waals surface area contributed by atoms with Gasteiger partial charge in [-0.1, -0.05) is 30.1 Å². The molecule has 4 nitrogen and oxygen atoms in total. The smallest absolute Gasteiger partial charge is 0.234 e. The topological polar surface area (TPSA) is 64.9 Å². The van der Waals surface area contributed by atoms with E-state index in [4.69, 9.17) is 10.3 Å². The van der Waals surface area contributed by atoms with E-state index in [0.29, 0.717) is 12.3 Å². The standard InChI is InChI=1S/C15H18BrN3OS/c16-11-5-1-2-6-12(11)21-9-13-18-14(20-19-13)15(10-17)7-3-4-8-15/h1-2,5-6H,3-4,7-10,17H2. The van der Waals surface area contributed by atoms with Crippen LogP contribution in [0.3, 0.4) is 0 Å². The van der Waals surface area contributed by atoms with Gasteiger partial charge in [0.25, 0.3) is 0 Å². The number of hydrogen-bond donors (Lipinski definition) is 1. The van der Waals surface area contributed by atoms with Crippen LogP contribution in [-0.2, 0) is 11.2 Å². The van der Waals surface area contributed by atoms with E-state index in [1.54, 1.807) is 11.8 Å². The van der Waals surface area contributed by atoms with Gasteiger partial charge in [-0.2, -0.15) is 4.98 Å². The molecule has 0 bridgehead atoms. The summed E-state index contributed by atoms with van der Waals surface area (Å²) in [5, 5.41) is 4.12. The van der Waals surface area contributed by atoms with Gasteiger partial charge >= 0.3 is 0 Å². The molecule has 21 heavy (non-hydrogen) atoms. The first-order valence-corrected chi connectivity index (χ1v) is 8.92. The zero-order valence-corrected chi connectivity index (χ0v) is 14.1. The molecule has 0 unspecified atom stereocenters. The van der Waals surface area contributed by atoms with Gasteiger partial charge in [0.2, 0.25) is 5.89 Å². The van der Waals surface area contributed by atoms with Crippen molar-refractivity contribution in [1.29, 1.82) is 0 Å². The van der Waals surface area contributed by atoms with Gasteiger partial charge in [0.05, 0.1) is 11.2 Å². The molecule has 1 aromatic carbocycles. The first kappa shape index (κ1) is 15.1. The maximum absolute atomic E-state index is 5.96. The van der Waals surface area contributed by atoms with E-state index in [9.17, 15) is 0 Å². The summed E-state index contributed by atoms with van der Waals surface area (Å²) < 4.78 is 6.59. The van der Waals surface area contributed by atoms with Gasteiger partial charge in [0, 0.05) is 15.9 Å². The molecule has 0 radical (unpaired) electrons. The number of halogens is 1. The van der Waals surface area contributed by atoms with E-state index < -0.39 is 0 Å². The number of rotatable bonds is 5. The van der Waals surface area contributed by atoms with Crippen LogP contribution in [0.15, 0.2) is 38.2 Å². The highest BCUT2D eigenvalue weighted by Gasteiger charge is 2.39. The van der Waals surface area contributed by atoms with Crippen molar-refractivity contribution in [2.24, 2.45) is 5.73 Å². The molecule has 1 aliphatic carbocycles. The fraction of sp³-hybridized carbons (Fsp3) is 0.467. The maximum Gasteiger partial charge on any atom is 0.234 e. The maximum atomic E-state index is 5.96. The van der Waals surface area contributed by atoms with E-state index >= 15 is 0 Å². The van der Waals surface area contributed by atoms with Crippen molar-refractivity contribution in [3.8, 4) is 0 Å². The van der Waals surface area contributed by atoms with Crippen molar-refractivity contribution in [2.45, 2.75) is 41.7 Å². The zero-order valence-electron chi connectivity index (χ0n) is 11.7. The van der Waals surface area contributed by atoms with E-state index in [1.165, 1.54) is 17.7 Å². The van der Waals surface area contributed by atoms with Crippen LogP contribution in [0.4, 0.5) is 0 Å². The van der Waals surface area contributed by atoms with E-state index in [2.05, 4.69) is 32.1 Å². The monoisotopic (exact) mass is 367 g/mol. The van der Waals surface area contributed by atoms with Crippen LogP contribution in [0.1, 0.15) is 37.4 Å². The molecule has 0 aliphatic heterocycles. The second kappa shape index (κ2) is 6.50. The summed E-state index contributed by atoms with van der Waals surface area (Å²) in [7, 11) is 0. The quantitative estimate of drug-likeness (QED) is 0.811. The molecule has 3 rings (SSSR count). The Bertz CT molecular complexity index is 610.